The summed E-state index contributed by atoms with van der Waals surface area (Å²) in [6, 6.07) is 16.4. The third kappa shape index (κ3) is 3.39. The quantitative estimate of drug-likeness (QED) is 0.544. The third-order valence-electron chi connectivity index (χ3n) is 5.61. The second-order valence-electron chi connectivity index (χ2n) is 7.49. The van der Waals surface area contributed by atoms with E-state index in [9.17, 15) is 9.18 Å². The maximum absolute atomic E-state index is 14.0. The van der Waals surface area contributed by atoms with Crippen LogP contribution in [0.1, 0.15) is 11.3 Å². The summed E-state index contributed by atoms with van der Waals surface area (Å²) < 4.78 is 22.2. The van der Waals surface area contributed by atoms with Gasteiger partial charge in [0.1, 0.15) is 18.2 Å². The molecule has 0 amide bonds. The van der Waals surface area contributed by atoms with Gasteiger partial charge in [0.15, 0.2) is 0 Å². The number of halogens is 1. The minimum Gasteiger partial charge on any atom is -0.488 e. The van der Waals surface area contributed by atoms with Crippen LogP contribution in [-0.2, 0) is 19.6 Å². The Labute approximate surface area is 173 Å². The van der Waals surface area contributed by atoms with Crippen molar-refractivity contribution in [1.82, 2.24) is 14.9 Å². The number of hydrogen-bond donors (Lipinski definition) is 2. The van der Waals surface area contributed by atoms with Crippen LogP contribution in [-0.4, -0.2) is 22.6 Å². The number of benzene rings is 2. The molecule has 30 heavy (non-hydrogen) atoms. The van der Waals surface area contributed by atoms with E-state index < -0.39 is 0 Å². The van der Waals surface area contributed by atoms with Crippen molar-refractivity contribution in [3.8, 4) is 16.9 Å². The Morgan fingerprint density at radius 3 is 2.87 bits per heavy atom. The lowest BCUT2D eigenvalue weighted by Crippen LogP contribution is -2.17. The Hall–Kier alpha value is -3.38. The zero-order chi connectivity index (χ0) is 20.5. The van der Waals surface area contributed by atoms with E-state index in [1.807, 2.05) is 12.1 Å². The molecule has 152 valence electrons. The number of aromatic amines is 1. The molecule has 1 aliphatic heterocycles. The van der Waals surface area contributed by atoms with E-state index in [1.54, 1.807) is 30.5 Å². The highest BCUT2D eigenvalue weighted by atomic mass is 19.1. The Bertz CT molecular complexity index is 1280. The lowest BCUT2D eigenvalue weighted by atomic mass is 10.0. The fourth-order valence-electron chi connectivity index (χ4n) is 4.11. The maximum Gasteiger partial charge on any atom is 0.259 e. The van der Waals surface area contributed by atoms with Gasteiger partial charge in [-0.05, 0) is 35.9 Å². The molecule has 6 heteroatoms. The zero-order valence-electron chi connectivity index (χ0n) is 16.5. The molecule has 5 nitrogen and oxygen atoms in total. The number of nitrogens with one attached hydrogen (secondary N) is 2. The average molecular weight is 403 g/mol. The summed E-state index contributed by atoms with van der Waals surface area (Å²) in [7, 11) is 0. The summed E-state index contributed by atoms with van der Waals surface area (Å²) in [5, 5.41) is 4.52. The molecule has 4 aromatic rings. The predicted molar refractivity (Wildman–Crippen MR) is 115 cm³/mol. The molecule has 2 aromatic heterocycles. The molecule has 3 heterocycles. The van der Waals surface area contributed by atoms with Crippen LogP contribution in [0.15, 0.2) is 65.6 Å². The van der Waals surface area contributed by atoms with Crippen molar-refractivity contribution < 1.29 is 9.13 Å². The molecule has 0 aliphatic carbocycles. The minimum atomic E-state index is -0.324. The number of nitrogens with zero attached hydrogens (tertiary/aromatic N) is 1. The lowest BCUT2D eigenvalue weighted by molar-refractivity contribution is 0.300. The van der Waals surface area contributed by atoms with E-state index >= 15 is 0 Å². The predicted octanol–water partition coefficient (Wildman–Crippen LogP) is 3.86. The molecule has 0 spiro atoms. The molecule has 0 radical (unpaired) electrons. The van der Waals surface area contributed by atoms with Crippen LogP contribution in [0.5, 0.6) is 5.75 Å². The second kappa shape index (κ2) is 7.80. The van der Waals surface area contributed by atoms with Gasteiger partial charge in [-0.25, -0.2) is 4.39 Å². The number of aromatic nitrogens is 2. The monoisotopic (exact) mass is 403 g/mol. The summed E-state index contributed by atoms with van der Waals surface area (Å²) >= 11 is 0. The highest BCUT2D eigenvalue weighted by molar-refractivity contribution is 5.87. The fourth-order valence-corrected chi connectivity index (χ4v) is 4.11. The van der Waals surface area contributed by atoms with Crippen LogP contribution in [0.25, 0.3) is 22.0 Å². The van der Waals surface area contributed by atoms with Crippen LogP contribution in [0.3, 0.4) is 0 Å². The van der Waals surface area contributed by atoms with Crippen LogP contribution in [0, 0.1) is 5.82 Å². The van der Waals surface area contributed by atoms with Gasteiger partial charge in [0.05, 0.1) is 5.56 Å². The summed E-state index contributed by atoms with van der Waals surface area (Å²) in [6.45, 7) is 2.90. The van der Waals surface area contributed by atoms with Crippen molar-refractivity contribution in [2.75, 3.05) is 13.1 Å². The summed E-state index contributed by atoms with van der Waals surface area (Å²) in [4.78, 5) is 15.4. The molecule has 0 atom stereocenters. The zero-order valence-corrected chi connectivity index (χ0v) is 16.5. The second-order valence-corrected chi connectivity index (χ2v) is 7.49. The largest absolute Gasteiger partial charge is 0.488 e. The number of hydrogen-bond acceptors (Lipinski definition) is 3. The summed E-state index contributed by atoms with van der Waals surface area (Å²) in [5.74, 6) is 0.112. The molecular formula is C24H22FN3O2. The van der Waals surface area contributed by atoms with Crippen LogP contribution in [0.4, 0.5) is 4.39 Å². The average Bonchev–Trinajstić information content (AvgIpc) is 2.93. The molecule has 2 aromatic carbocycles. The van der Waals surface area contributed by atoms with Crippen molar-refractivity contribution in [3.63, 3.8) is 0 Å². The molecule has 0 fully saturated rings. The Balaban J connectivity index is 1.53. The van der Waals surface area contributed by atoms with E-state index in [0.717, 1.165) is 37.0 Å². The first kappa shape index (κ1) is 18.6. The molecule has 1 aliphatic rings. The number of fused-ring (bicyclic) bond motifs is 3. The van der Waals surface area contributed by atoms with Crippen molar-refractivity contribution in [1.29, 1.82) is 0 Å². The highest BCUT2D eigenvalue weighted by Gasteiger charge is 2.16. The molecule has 0 bridgehead atoms. The smallest absolute Gasteiger partial charge is 0.259 e. The van der Waals surface area contributed by atoms with Crippen LogP contribution >= 0.6 is 0 Å². The van der Waals surface area contributed by atoms with Crippen LogP contribution in [0.2, 0.25) is 0 Å². The normalized spacial score (nSPS) is 13.8. The van der Waals surface area contributed by atoms with Crippen LogP contribution < -0.4 is 15.6 Å². The highest BCUT2D eigenvalue weighted by Crippen LogP contribution is 2.31. The standard InChI is InChI=1S/C24H22FN3O2/c25-20-4-2-1-3-17(20)15-30-22-8-10-27-24(29)23(22)16-5-6-21-18(13-16)14-19-7-9-26-11-12-28(19)21/h1-6,8,10,13-14,26H,7,9,11-12,15H2,(H,27,29). The first-order valence-electron chi connectivity index (χ1n) is 10.1. The number of rotatable bonds is 4. The van der Waals surface area contributed by atoms with Gasteiger partial charge in [-0.15, -0.1) is 0 Å². The summed E-state index contributed by atoms with van der Waals surface area (Å²) in [5.41, 5.74) is 3.92. The number of pyridine rings is 1. The first-order chi connectivity index (χ1) is 14.7. The van der Waals surface area contributed by atoms with Gasteiger partial charge in [-0.2, -0.15) is 0 Å². The van der Waals surface area contributed by atoms with Crippen molar-refractivity contribution in [3.05, 3.63) is 88.2 Å². The number of H-pyrrole nitrogens is 1. The molecule has 0 unspecified atom stereocenters. The van der Waals surface area contributed by atoms with Gasteiger partial charge in [0.25, 0.3) is 5.56 Å². The number of ether oxygens (including phenoxy) is 1. The van der Waals surface area contributed by atoms with E-state index in [2.05, 4.69) is 27.0 Å². The van der Waals surface area contributed by atoms with E-state index in [0.29, 0.717) is 16.9 Å². The molecular weight excluding hydrogens is 381 g/mol. The Kier molecular flexibility index (Phi) is 4.85. The van der Waals surface area contributed by atoms with E-state index in [-0.39, 0.29) is 18.0 Å². The molecule has 2 N–H and O–H groups in total. The first-order valence-corrected chi connectivity index (χ1v) is 10.1. The minimum absolute atomic E-state index is 0.0545. The molecule has 0 saturated carbocycles. The van der Waals surface area contributed by atoms with Crippen molar-refractivity contribution >= 4 is 10.9 Å². The van der Waals surface area contributed by atoms with Gasteiger partial charge in [-0.1, -0.05) is 24.3 Å². The SMILES string of the molecule is O=c1[nH]ccc(OCc2ccccc2F)c1-c1ccc2c(c1)cc1n2CCNCC1. The fraction of sp³-hybridized carbons (Fsp3) is 0.208. The maximum atomic E-state index is 14.0. The van der Waals surface area contributed by atoms with Crippen molar-refractivity contribution in [2.45, 2.75) is 19.6 Å². The van der Waals surface area contributed by atoms with Gasteiger partial charge >= 0.3 is 0 Å². The third-order valence-corrected chi connectivity index (χ3v) is 5.61. The summed E-state index contributed by atoms with van der Waals surface area (Å²) in [6.07, 6.45) is 2.53. The molecule has 0 saturated heterocycles. The Morgan fingerprint density at radius 2 is 1.97 bits per heavy atom. The lowest BCUT2D eigenvalue weighted by Gasteiger charge is -2.12. The molecule has 5 rings (SSSR count). The topological polar surface area (TPSA) is 59.1 Å². The van der Waals surface area contributed by atoms with E-state index in [1.165, 1.54) is 17.3 Å². The van der Waals surface area contributed by atoms with E-state index in [4.69, 9.17) is 4.74 Å². The van der Waals surface area contributed by atoms with Gasteiger partial charge in [-0.3, -0.25) is 4.79 Å². The van der Waals surface area contributed by atoms with Gasteiger partial charge < -0.3 is 19.6 Å². The van der Waals surface area contributed by atoms with Crippen molar-refractivity contribution in [2.24, 2.45) is 0 Å². The Morgan fingerprint density at radius 1 is 1.07 bits per heavy atom. The van der Waals surface area contributed by atoms with Gasteiger partial charge in [0.2, 0.25) is 0 Å². The van der Waals surface area contributed by atoms with Gasteiger partial charge in [0, 0.05) is 54.4 Å².